The number of piperazine rings is 1. The zero-order valence-corrected chi connectivity index (χ0v) is 12.0. The van der Waals surface area contributed by atoms with Crippen LogP contribution in [-0.2, 0) is 13.6 Å². The van der Waals surface area contributed by atoms with E-state index in [1.807, 2.05) is 17.9 Å². The van der Waals surface area contributed by atoms with Crippen LogP contribution in [0.1, 0.15) is 37.7 Å². The molecule has 1 saturated heterocycles. The smallest absolute Gasteiger partial charge is 0.0534 e. The van der Waals surface area contributed by atoms with Gasteiger partial charge in [0.15, 0.2) is 0 Å². The Kier molecular flexibility index (Phi) is 4.18. The highest BCUT2D eigenvalue weighted by atomic mass is 15.3. The number of hydrogen-bond acceptors (Lipinski definition) is 3. The maximum Gasteiger partial charge on any atom is 0.0534 e. The Balaban J connectivity index is 1.55. The quantitative estimate of drug-likeness (QED) is 0.901. The van der Waals surface area contributed by atoms with Crippen molar-refractivity contribution in [2.45, 2.75) is 44.7 Å². The van der Waals surface area contributed by atoms with Crippen LogP contribution >= 0.6 is 0 Å². The molecule has 2 heterocycles. The number of aryl methyl sites for hydroxylation is 1. The van der Waals surface area contributed by atoms with Crippen LogP contribution in [0.2, 0.25) is 0 Å². The number of hydrogen-bond donors (Lipinski definition) is 1. The molecule has 1 aromatic rings. The van der Waals surface area contributed by atoms with Crippen LogP contribution in [0.3, 0.4) is 0 Å². The van der Waals surface area contributed by atoms with Crippen molar-refractivity contribution in [1.29, 1.82) is 0 Å². The first-order valence-electron chi connectivity index (χ1n) is 7.74. The molecule has 0 aromatic carbocycles. The van der Waals surface area contributed by atoms with E-state index >= 15 is 0 Å². The molecule has 4 nitrogen and oxygen atoms in total. The first kappa shape index (κ1) is 13.1. The summed E-state index contributed by atoms with van der Waals surface area (Å²) < 4.78 is 1.90. The molecule has 1 aromatic heterocycles. The van der Waals surface area contributed by atoms with Crippen LogP contribution in [0.5, 0.6) is 0 Å². The van der Waals surface area contributed by atoms with Gasteiger partial charge in [0.05, 0.1) is 6.20 Å². The van der Waals surface area contributed by atoms with Crippen molar-refractivity contribution >= 4 is 0 Å². The molecule has 1 aliphatic heterocycles. The van der Waals surface area contributed by atoms with Crippen molar-refractivity contribution in [2.75, 3.05) is 19.6 Å². The maximum atomic E-state index is 4.27. The van der Waals surface area contributed by atoms with E-state index in [1.54, 1.807) is 0 Å². The Labute approximate surface area is 116 Å². The van der Waals surface area contributed by atoms with Crippen molar-refractivity contribution < 1.29 is 0 Å². The Bertz CT molecular complexity index is 395. The average molecular weight is 262 g/mol. The summed E-state index contributed by atoms with van der Waals surface area (Å²) >= 11 is 0. The van der Waals surface area contributed by atoms with E-state index in [-0.39, 0.29) is 0 Å². The molecule has 0 radical (unpaired) electrons. The SMILES string of the molecule is Cn1cc(CN2CCNC(C3CCCCC3)C2)cn1. The minimum absolute atomic E-state index is 0.714. The third-order valence-corrected chi connectivity index (χ3v) is 4.67. The van der Waals surface area contributed by atoms with Crippen molar-refractivity contribution in [2.24, 2.45) is 13.0 Å². The van der Waals surface area contributed by atoms with E-state index < -0.39 is 0 Å². The zero-order valence-electron chi connectivity index (χ0n) is 12.0. The number of nitrogens with zero attached hydrogens (tertiary/aromatic N) is 3. The molecule has 1 saturated carbocycles. The van der Waals surface area contributed by atoms with Crippen molar-refractivity contribution in [3.8, 4) is 0 Å². The van der Waals surface area contributed by atoms with Gasteiger partial charge in [0.2, 0.25) is 0 Å². The minimum Gasteiger partial charge on any atom is -0.311 e. The fraction of sp³-hybridized carbons (Fsp3) is 0.800. The largest absolute Gasteiger partial charge is 0.311 e. The lowest BCUT2D eigenvalue weighted by atomic mass is 9.83. The molecule has 1 N–H and O–H groups in total. The third kappa shape index (κ3) is 3.37. The normalized spacial score (nSPS) is 26.7. The summed E-state index contributed by atoms with van der Waals surface area (Å²) in [4.78, 5) is 2.59. The van der Waals surface area contributed by atoms with Crippen molar-refractivity contribution in [3.05, 3.63) is 18.0 Å². The summed E-state index contributed by atoms with van der Waals surface area (Å²) in [7, 11) is 1.99. The monoisotopic (exact) mass is 262 g/mol. The fourth-order valence-electron chi connectivity index (χ4n) is 3.65. The molecular weight excluding hydrogens is 236 g/mol. The van der Waals surface area contributed by atoms with Gasteiger partial charge in [-0.15, -0.1) is 0 Å². The van der Waals surface area contributed by atoms with Gasteiger partial charge < -0.3 is 5.32 Å². The van der Waals surface area contributed by atoms with E-state index in [9.17, 15) is 0 Å². The van der Waals surface area contributed by atoms with Gasteiger partial charge in [0.25, 0.3) is 0 Å². The maximum absolute atomic E-state index is 4.27. The molecule has 1 aliphatic carbocycles. The fourth-order valence-corrected chi connectivity index (χ4v) is 3.65. The lowest BCUT2D eigenvalue weighted by Gasteiger charge is -2.39. The van der Waals surface area contributed by atoms with Crippen LogP contribution in [0.4, 0.5) is 0 Å². The van der Waals surface area contributed by atoms with E-state index in [0.29, 0.717) is 6.04 Å². The van der Waals surface area contributed by atoms with Crippen LogP contribution in [0.15, 0.2) is 12.4 Å². The molecule has 1 atom stereocenters. The summed E-state index contributed by atoms with van der Waals surface area (Å²) in [6.07, 6.45) is 11.3. The molecule has 0 spiro atoms. The summed E-state index contributed by atoms with van der Waals surface area (Å²) in [5, 5.41) is 8.01. The lowest BCUT2D eigenvalue weighted by Crippen LogP contribution is -2.53. The average Bonchev–Trinajstić information content (AvgIpc) is 2.85. The van der Waals surface area contributed by atoms with E-state index in [4.69, 9.17) is 0 Å². The molecular formula is C15H26N4. The van der Waals surface area contributed by atoms with Gasteiger partial charge in [-0.2, -0.15) is 5.10 Å². The summed E-state index contributed by atoms with van der Waals surface area (Å²) in [5.74, 6) is 0.908. The van der Waals surface area contributed by atoms with E-state index in [0.717, 1.165) is 25.6 Å². The Morgan fingerprint density at radius 2 is 2.16 bits per heavy atom. The van der Waals surface area contributed by atoms with Crippen molar-refractivity contribution in [1.82, 2.24) is 20.0 Å². The van der Waals surface area contributed by atoms with Crippen LogP contribution in [0, 0.1) is 5.92 Å². The van der Waals surface area contributed by atoms with Crippen LogP contribution in [-0.4, -0.2) is 40.4 Å². The predicted molar refractivity (Wildman–Crippen MR) is 76.9 cm³/mol. The second kappa shape index (κ2) is 6.06. The van der Waals surface area contributed by atoms with E-state index in [1.165, 1.54) is 44.2 Å². The van der Waals surface area contributed by atoms with Crippen LogP contribution in [0.25, 0.3) is 0 Å². The van der Waals surface area contributed by atoms with Gasteiger partial charge in [-0.05, 0) is 18.8 Å². The first-order valence-corrected chi connectivity index (χ1v) is 7.74. The van der Waals surface area contributed by atoms with Gasteiger partial charge >= 0.3 is 0 Å². The van der Waals surface area contributed by atoms with Crippen molar-refractivity contribution in [3.63, 3.8) is 0 Å². The van der Waals surface area contributed by atoms with Gasteiger partial charge in [0, 0.05) is 51.0 Å². The highest BCUT2D eigenvalue weighted by Crippen LogP contribution is 2.27. The summed E-state index contributed by atoms with van der Waals surface area (Å²) in [6, 6.07) is 0.714. The minimum atomic E-state index is 0.714. The predicted octanol–water partition coefficient (Wildman–Crippen LogP) is 1.77. The second-order valence-corrected chi connectivity index (χ2v) is 6.22. The summed E-state index contributed by atoms with van der Waals surface area (Å²) in [6.45, 7) is 4.57. The molecule has 2 fully saturated rings. The molecule has 2 aliphatic rings. The molecule has 0 bridgehead atoms. The van der Waals surface area contributed by atoms with E-state index in [2.05, 4.69) is 21.5 Å². The number of rotatable bonds is 3. The van der Waals surface area contributed by atoms with Gasteiger partial charge in [0.1, 0.15) is 0 Å². The second-order valence-electron chi connectivity index (χ2n) is 6.22. The molecule has 3 rings (SSSR count). The number of nitrogens with one attached hydrogen (secondary N) is 1. The molecule has 106 valence electrons. The van der Waals surface area contributed by atoms with Gasteiger partial charge in [-0.25, -0.2) is 0 Å². The summed E-state index contributed by atoms with van der Waals surface area (Å²) in [5.41, 5.74) is 1.34. The highest BCUT2D eigenvalue weighted by molar-refractivity contribution is 5.04. The van der Waals surface area contributed by atoms with Crippen LogP contribution < -0.4 is 5.32 Å². The molecule has 4 heteroatoms. The first-order chi connectivity index (χ1) is 9.31. The third-order valence-electron chi connectivity index (χ3n) is 4.67. The topological polar surface area (TPSA) is 33.1 Å². The lowest BCUT2D eigenvalue weighted by molar-refractivity contribution is 0.141. The Morgan fingerprint density at radius 3 is 2.89 bits per heavy atom. The van der Waals surface area contributed by atoms with Gasteiger partial charge in [-0.1, -0.05) is 19.3 Å². The number of aromatic nitrogens is 2. The van der Waals surface area contributed by atoms with Gasteiger partial charge in [-0.3, -0.25) is 9.58 Å². The molecule has 19 heavy (non-hydrogen) atoms. The Morgan fingerprint density at radius 1 is 1.32 bits per heavy atom. The molecule has 1 unspecified atom stereocenters. The molecule has 0 amide bonds. The highest BCUT2D eigenvalue weighted by Gasteiger charge is 2.27. The standard InChI is InChI=1S/C15H26N4/c1-18-10-13(9-17-18)11-19-8-7-16-15(12-19)14-5-3-2-4-6-14/h9-10,14-16H,2-8,11-12H2,1H3. The Hall–Kier alpha value is -0.870. The zero-order chi connectivity index (χ0) is 13.1.